The van der Waals surface area contributed by atoms with Gasteiger partial charge in [-0.15, -0.1) is 0 Å². The second-order valence-electron chi connectivity index (χ2n) is 6.61. The van der Waals surface area contributed by atoms with Gasteiger partial charge in [-0.1, -0.05) is 40.2 Å². The Labute approximate surface area is 145 Å². The highest BCUT2D eigenvalue weighted by Gasteiger charge is 2.51. The highest BCUT2D eigenvalue weighted by atomic mass is 79.9. The number of amides is 1. The number of fused-ring (bicyclic) bond motifs is 1. The molecule has 0 aliphatic carbocycles. The van der Waals surface area contributed by atoms with Gasteiger partial charge in [-0.2, -0.15) is 13.2 Å². The van der Waals surface area contributed by atoms with Crippen LogP contribution in [0.2, 0.25) is 0 Å². The maximum atomic E-state index is 13.8. The Bertz CT molecular complexity index is 804. The van der Waals surface area contributed by atoms with Gasteiger partial charge in [-0.25, -0.2) is 5.01 Å². The van der Waals surface area contributed by atoms with Crippen LogP contribution < -0.4 is 5.43 Å². The Morgan fingerprint density at radius 3 is 2.54 bits per heavy atom. The summed E-state index contributed by atoms with van der Waals surface area (Å²) in [5.41, 5.74) is 1.66. The number of benzene rings is 2. The molecule has 1 aliphatic heterocycles. The lowest BCUT2D eigenvalue weighted by Gasteiger charge is -2.30. The van der Waals surface area contributed by atoms with E-state index in [1.165, 1.54) is 6.07 Å². The predicted octanol–water partition coefficient (Wildman–Crippen LogP) is 4.58. The van der Waals surface area contributed by atoms with Gasteiger partial charge in [0.15, 0.2) is 6.04 Å². The molecule has 1 atom stereocenters. The molecular formula is C17H16BrF3N2O. The van der Waals surface area contributed by atoms with Gasteiger partial charge in [0.25, 0.3) is 0 Å². The Morgan fingerprint density at radius 1 is 1.25 bits per heavy atom. The molecule has 1 saturated heterocycles. The number of carbonyl (C=O) groups is 1. The minimum atomic E-state index is -4.52. The SMILES string of the molecule is CC1(C)CN(C(c2cccc3cc(Br)ccc23)C(F)(F)F)NC1=O. The number of nitrogens with zero attached hydrogens (tertiary/aromatic N) is 1. The van der Waals surface area contributed by atoms with E-state index in [0.29, 0.717) is 10.8 Å². The monoisotopic (exact) mass is 400 g/mol. The van der Waals surface area contributed by atoms with Crippen LogP contribution in [0.1, 0.15) is 25.5 Å². The zero-order valence-electron chi connectivity index (χ0n) is 13.1. The van der Waals surface area contributed by atoms with Crippen molar-refractivity contribution in [2.75, 3.05) is 6.54 Å². The fraction of sp³-hybridized carbons (Fsp3) is 0.353. The summed E-state index contributed by atoms with van der Waals surface area (Å²) in [7, 11) is 0. The fourth-order valence-electron chi connectivity index (χ4n) is 3.01. The molecule has 1 unspecified atom stereocenters. The van der Waals surface area contributed by atoms with Crippen molar-refractivity contribution in [1.82, 2.24) is 10.4 Å². The molecule has 3 nitrogen and oxygen atoms in total. The summed E-state index contributed by atoms with van der Waals surface area (Å²) >= 11 is 3.33. The van der Waals surface area contributed by atoms with E-state index in [4.69, 9.17) is 0 Å². The Kier molecular flexibility index (Phi) is 4.12. The van der Waals surface area contributed by atoms with Gasteiger partial charge in [0.05, 0.1) is 5.41 Å². The second kappa shape index (κ2) is 5.74. The fourth-order valence-corrected chi connectivity index (χ4v) is 3.39. The molecule has 1 heterocycles. The first kappa shape index (κ1) is 17.2. The molecule has 2 aromatic carbocycles. The normalized spacial score (nSPS) is 19.5. The number of nitrogens with one attached hydrogen (secondary N) is 1. The van der Waals surface area contributed by atoms with Gasteiger partial charge in [0, 0.05) is 11.0 Å². The minimum Gasteiger partial charge on any atom is -0.287 e. The lowest BCUT2D eigenvalue weighted by atomic mass is 9.93. The topological polar surface area (TPSA) is 32.3 Å². The number of hydrogen-bond acceptors (Lipinski definition) is 2. The van der Waals surface area contributed by atoms with Gasteiger partial charge in [0.2, 0.25) is 5.91 Å². The van der Waals surface area contributed by atoms with Crippen molar-refractivity contribution in [2.45, 2.75) is 26.1 Å². The van der Waals surface area contributed by atoms with Gasteiger partial charge >= 0.3 is 6.18 Å². The van der Waals surface area contributed by atoms with Crippen molar-refractivity contribution in [2.24, 2.45) is 5.41 Å². The standard InChI is InChI=1S/C17H16BrF3N2O/c1-16(2)9-23(22-15(16)24)14(17(19,20)21)13-5-3-4-10-8-11(18)6-7-12(10)13/h3-8,14H,9H2,1-2H3,(H,22,24). The van der Waals surface area contributed by atoms with E-state index in [0.717, 1.165) is 9.48 Å². The summed E-state index contributed by atoms with van der Waals surface area (Å²) in [5.74, 6) is -0.403. The van der Waals surface area contributed by atoms with E-state index in [9.17, 15) is 18.0 Å². The largest absolute Gasteiger partial charge is 0.409 e. The second-order valence-corrected chi connectivity index (χ2v) is 7.53. The molecule has 0 bridgehead atoms. The van der Waals surface area contributed by atoms with Gasteiger partial charge in [0.1, 0.15) is 0 Å². The number of hydrogen-bond donors (Lipinski definition) is 1. The first-order valence-electron chi connectivity index (χ1n) is 7.42. The van der Waals surface area contributed by atoms with E-state index in [-0.39, 0.29) is 12.1 Å². The molecule has 1 amide bonds. The highest BCUT2D eigenvalue weighted by molar-refractivity contribution is 9.10. The van der Waals surface area contributed by atoms with Crippen LogP contribution in [0.4, 0.5) is 13.2 Å². The molecule has 1 fully saturated rings. The summed E-state index contributed by atoms with van der Waals surface area (Å²) in [6.45, 7) is 3.26. The summed E-state index contributed by atoms with van der Waals surface area (Å²) in [6.07, 6.45) is -4.52. The van der Waals surface area contributed by atoms with Crippen LogP contribution >= 0.6 is 15.9 Å². The van der Waals surface area contributed by atoms with Crippen molar-refractivity contribution < 1.29 is 18.0 Å². The number of hydrazine groups is 1. The van der Waals surface area contributed by atoms with Crippen LogP contribution in [-0.2, 0) is 4.79 Å². The van der Waals surface area contributed by atoms with Crippen LogP contribution in [0.15, 0.2) is 40.9 Å². The molecule has 24 heavy (non-hydrogen) atoms. The number of halogens is 4. The van der Waals surface area contributed by atoms with Crippen LogP contribution in [-0.4, -0.2) is 23.6 Å². The molecule has 0 aromatic heterocycles. The first-order valence-corrected chi connectivity index (χ1v) is 8.21. The van der Waals surface area contributed by atoms with Gasteiger partial charge < -0.3 is 0 Å². The maximum absolute atomic E-state index is 13.8. The molecule has 0 saturated carbocycles. The quantitative estimate of drug-likeness (QED) is 0.799. The third kappa shape index (κ3) is 3.02. The number of alkyl halides is 3. The maximum Gasteiger partial charge on any atom is 0.409 e. The lowest BCUT2D eigenvalue weighted by Crippen LogP contribution is -2.43. The molecule has 0 radical (unpaired) electrons. The molecule has 7 heteroatoms. The molecule has 0 spiro atoms. The molecule has 1 aliphatic rings. The Hall–Kier alpha value is -1.60. The third-order valence-electron chi connectivity index (χ3n) is 4.22. The van der Waals surface area contributed by atoms with E-state index in [2.05, 4.69) is 21.4 Å². The molecule has 2 aromatic rings. The summed E-state index contributed by atoms with van der Waals surface area (Å²) < 4.78 is 42.3. The molecular weight excluding hydrogens is 385 g/mol. The minimum absolute atomic E-state index is 0.0110. The van der Waals surface area contributed by atoms with Crippen molar-refractivity contribution in [3.63, 3.8) is 0 Å². The van der Waals surface area contributed by atoms with Crippen molar-refractivity contribution >= 4 is 32.6 Å². The van der Waals surface area contributed by atoms with Gasteiger partial charge in [-0.05, 0) is 42.3 Å². The van der Waals surface area contributed by atoms with Crippen molar-refractivity contribution in [3.8, 4) is 0 Å². The zero-order valence-corrected chi connectivity index (χ0v) is 14.7. The molecule has 3 rings (SSSR count). The lowest BCUT2D eigenvalue weighted by molar-refractivity contribution is -0.191. The van der Waals surface area contributed by atoms with Crippen LogP contribution in [0.3, 0.4) is 0 Å². The van der Waals surface area contributed by atoms with E-state index in [1.54, 1.807) is 44.2 Å². The van der Waals surface area contributed by atoms with Crippen molar-refractivity contribution in [3.05, 3.63) is 46.4 Å². The number of rotatable bonds is 2. The van der Waals surface area contributed by atoms with Crippen molar-refractivity contribution in [1.29, 1.82) is 0 Å². The Balaban J connectivity index is 2.13. The molecule has 128 valence electrons. The smallest absolute Gasteiger partial charge is 0.287 e. The zero-order chi connectivity index (χ0) is 17.7. The highest BCUT2D eigenvalue weighted by Crippen LogP contribution is 2.42. The first-order chi connectivity index (χ1) is 11.1. The summed E-state index contributed by atoms with van der Waals surface area (Å²) in [4.78, 5) is 12.0. The predicted molar refractivity (Wildman–Crippen MR) is 89.1 cm³/mol. The van der Waals surface area contributed by atoms with Gasteiger partial charge in [-0.3, -0.25) is 10.2 Å². The number of carbonyl (C=O) groups excluding carboxylic acids is 1. The van der Waals surface area contributed by atoms with Crippen LogP contribution in [0, 0.1) is 5.41 Å². The van der Waals surface area contributed by atoms with E-state index in [1.807, 2.05) is 0 Å². The average Bonchev–Trinajstić information content (AvgIpc) is 2.70. The van der Waals surface area contributed by atoms with E-state index >= 15 is 0 Å². The van der Waals surface area contributed by atoms with Crippen LogP contribution in [0.5, 0.6) is 0 Å². The summed E-state index contributed by atoms with van der Waals surface area (Å²) in [5, 5.41) is 2.22. The van der Waals surface area contributed by atoms with E-state index < -0.39 is 23.5 Å². The Morgan fingerprint density at radius 2 is 1.96 bits per heavy atom. The van der Waals surface area contributed by atoms with Crippen LogP contribution in [0.25, 0.3) is 10.8 Å². The summed E-state index contributed by atoms with van der Waals surface area (Å²) in [6, 6.07) is 8.09. The average molecular weight is 401 g/mol. The third-order valence-corrected chi connectivity index (χ3v) is 4.71. The molecule has 1 N–H and O–H groups in total.